The van der Waals surface area contributed by atoms with Crippen molar-refractivity contribution in [2.45, 2.75) is 46.3 Å². The van der Waals surface area contributed by atoms with Gasteiger partial charge in [0.25, 0.3) is 0 Å². The highest BCUT2D eigenvalue weighted by molar-refractivity contribution is 5.98. The number of phenolic OH excluding ortho intramolecular Hbond substituents is 1. The van der Waals surface area contributed by atoms with Gasteiger partial charge >= 0.3 is 5.97 Å². The van der Waals surface area contributed by atoms with Gasteiger partial charge in [0.2, 0.25) is 5.91 Å². The van der Waals surface area contributed by atoms with Crippen molar-refractivity contribution in [1.29, 1.82) is 0 Å². The molecular weight excluding hydrogens is 401 g/mol. The molecule has 1 heterocycles. The quantitative estimate of drug-likeness (QED) is 0.489. The highest BCUT2D eigenvalue weighted by Gasteiger charge is 2.31. The van der Waals surface area contributed by atoms with Gasteiger partial charge in [-0.05, 0) is 49.9 Å². The van der Waals surface area contributed by atoms with Gasteiger partial charge in [0.1, 0.15) is 29.5 Å². The zero-order chi connectivity index (χ0) is 22.5. The van der Waals surface area contributed by atoms with Crippen molar-refractivity contribution >= 4 is 11.9 Å². The molecule has 2 aromatic rings. The number of carbonyl (C=O) groups is 2. The number of methoxy groups -OCH3 is 1. The van der Waals surface area contributed by atoms with Crippen LogP contribution < -0.4 is 10.1 Å². The van der Waals surface area contributed by atoms with E-state index in [0.29, 0.717) is 35.3 Å². The molecule has 2 aromatic carbocycles. The predicted octanol–water partition coefficient (Wildman–Crippen LogP) is 4.10. The zero-order valence-electron chi connectivity index (χ0n) is 17.9. The summed E-state index contributed by atoms with van der Waals surface area (Å²) in [7, 11) is 1.52. The molecular formula is C24H26FNO5. The number of halogens is 1. The van der Waals surface area contributed by atoms with Crippen molar-refractivity contribution in [3.05, 3.63) is 69.5 Å². The third-order valence-electron chi connectivity index (χ3n) is 5.43. The highest BCUT2D eigenvalue weighted by Crippen LogP contribution is 2.42. The maximum Gasteiger partial charge on any atom is 0.342 e. The molecule has 164 valence electrons. The zero-order valence-corrected chi connectivity index (χ0v) is 17.9. The average molecular weight is 427 g/mol. The first-order valence-corrected chi connectivity index (χ1v) is 10.1. The molecule has 0 bridgehead atoms. The molecule has 0 aliphatic carbocycles. The first-order chi connectivity index (χ1) is 14.8. The number of cyclic esters (lactones) is 1. The maximum absolute atomic E-state index is 13.2. The third-order valence-corrected chi connectivity index (χ3v) is 5.43. The van der Waals surface area contributed by atoms with E-state index < -0.39 is 5.97 Å². The number of phenols is 1. The molecule has 1 aliphatic heterocycles. The van der Waals surface area contributed by atoms with E-state index in [1.165, 1.54) is 19.2 Å². The maximum atomic E-state index is 13.2. The lowest BCUT2D eigenvalue weighted by Crippen LogP contribution is -2.22. The number of hydrogen-bond donors (Lipinski definition) is 2. The van der Waals surface area contributed by atoms with E-state index in [1.807, 2.05) is 19.9 Å². The fourth-order valence-electron chi connectivity index (χ4n) is 3.65. The van der Waals surface area contributed by atoms with E-state index in [2.05, 4.69) is 5.32 Å². The SMILES string of the molecule is COc1c(C)c2c(c(O)c1CC=C(C)CCC(=O)NCc1cccc(F)c1)C(=O)OC2. The summed E-state index contributed by atoms with van der Waals surface area (Å²) in [6.45, 7) is 4.14. The number of aromatic hydroxyl groups is 1. The minimum atomic E-state index is -0.532. The van der Waals surface area contributed by atoms with Gasteiger partial charge in [-0.1, -0.05) is 23.8 Å². The summed E-state index contributed by atoms with van der Waals surface area (Å²) >= 11 is 0. The Morgan fingerprint density at radius 2 is 2.13 bits per heavy atom. The van der Waals surface area contributed by atoms with Crippen LogP contribution in [0, 0.1) is 12.7 Å². The average Bonchev–Trinajstić information content (AvgIpc) is 3.14. The number of benzene rings is 2. The number of amides is 1. The Labute approximate surface area is 180 Å². The summed E-state index contributed by atoms with van der Waals surface area (Å²) in [6, 6.07) is 6.11. The largest absolute Gasteiger partial charge is 0.507 e. The number of ether oxygens (including phenoxy) is 2. The number of allylic oxidation sites excluding steroid dienone is 2. The van der Waals surface area contributed by atoms with Gasteiger partial charge in [0.05, 0.1) is 7.11 Å². The lowest BCUT2D eigenvalue weighted by atomic mass is 9.94. The second-order valence-electron chi connectivity index (χ2n) is 7.58. The molecule has 6 nitrogen and oxygen atoms in total. The first-order valence-electron chi connectivity index (χ1n) is 10.1. The highest BCUT2D eigenvalue weighted by atomic mass is 19.1. The Bertz CT molecular complexity index is 1040. The molecule has 0 spiro atoms. The molecule has 31 heavy (non-hydrogen) atoms. The Kier molecular flexibility index (Phi) is 6.95. The summed E-state index contributed by atoms with van der Waals surface area (Å²) in [5, 5.41) is 13.4. The van der Waals surface area contributed by atoms with Crippen LogP contribution >= 0.6 is 0 Å². The molecule has 0 atom stereocenters. The number of nitrogens with one attached hydrogen (secondary N) is 1. The van der Waals surface area contributed by atoms with Crippen molar-refractivity contribution in [3.63, 3.8) is 0 Å². The van der Waals surface area contributed by atoms with E-state index in [-0.39, 0.29) is 42.6 Å². The van der Waals surface area contributed by atoms with Crippen molar-refractivity contribution in [2.75, 3.05) is 7.11 Å². The van der Waals surface area contributed by atoms with Gasteiger partial charge in [-0.15, -0.1) is 0 Å². The predicted molar refractivity (Wildman–Crippen MR) is 113 cm³/mol. The molecule has 0 saturated heterocycles. The summed E-state index contributed by atoms with van der Waals surface area (Å²) in [5.41, 5.74) is 3.82. The fraction of sp³-hybridized carbons (Fsp3) is 0.333. The molecule has 3 rings (SSSR count). The normalized spacial score (nSPS) is 13.0. The van der Waals surface area contributed by atoms with E-state index in [0.717, 1.165) is 11.1 Å². The Morgan fingerprint density at radius 1 is 1.35 bits per heavy atom. The summed E-state index contributed by atoms with van der Waals surface area (Å²) in [5.74, 6) is -0.578. The second kappa shape index (κ2) is 9.64. The van der Waals surface area contributed by atoms with Gasteiger partial charge in [-0.3, -0.25) is 4.79 Å². The van der Waals surface area contributed by atoms with E-state index in [1.54, 1.807) is 12.1 Å². The number of carbonyl (C=O) groups excluding carboxylic acids is 2. The van der Waals surface area contributed by atoms with E-state index in [4.69, 9.17) is 9.47 Å². The van der Waals surface area contributed by atoms with Crippen LogP contribution in [0.3, 0.4) is 0 Å². The summed E-state index contributed by atoms with van der Waals surface area (Å²) in [6.07, 6.45) is 3.08. The van der Waals surface area contributed by atoms with Crippen LogP contribution in [0.4, 0.5) is 4.39 Å². The Balaban J connectivity index is 1.62. The molecule has 0 unspecified atom stereocenters. The van der Waals surface area contributed by atoms with Crippen LogP contribution in [0.1, 0.15) is 52.4 Å². The molecule has 1 amide bonds. The van der Waals surface area contributed by atoms with Crippen LogP contribution in [0.2, 0.25) is 0 Å². The van der Waals surface area contributed by atoms with Gasteiger partial charge in [-0.2, -0.15) is 0 Å². The number of hydrogen-bond acceptors (Lipinski definition) is 5. The smallest absolute Gasteiger partial charge is 0.342 e. The van der Waals surface area contributed by atoms with Gasteiger partial charge < -0.3 is 19.9 Å². The van der Waals surface area contributed by atoms with Crippen LogP contribution in [0.25, 0.3) is 0 Å². The number of rotatable bonds is 8. The minimum Gasteiger partial charge on any atom is -0.507 e. The Hall–Kier alpha value is -3.35. The minimum absolute atomic E-state index is 0.114. The van der Waals surface area contributed by atoms with Gasteiger partial charge in [0.15, 0.2) is 0 Å². The van der Waals surface area contributed by atoms with E-state index in [9.17, 15) is 19.1 Å². The molecule has 7 heteroatoms. The van der Waals surface area contributed by atoms with Crippen LogP contribution in [0.15, 0.2) is 35.9 Å². The third kappa shape index (κ3) is 5.05. The lowest BCUT2D eigenvalue weighted by molar-refractivity contribution is -0.121. The van der Waals surface area contributed by atoms with Crippen molar-refractivity contribution in [1.82, 2.24) is 5.32 Å². The standard InChI is InChI=1S/C24H26FNO5/c1-14(8-10-20(27)26-12-16-5-4-6-17(25)11-16)7-9-18-22(28)21-19(13-31-24(21)29)15(2)23(18)30-3/h4-7,11,28H,8-10,12-13H2,1-3H3,(H,26,27). The molecule has 0 saturated carbocycles. The lowest BCUT2D eigenvalue weighted by Gasteiger charge is -2.15. The number of esters is 1. The van der Waals surface area contributed by atoms with Crippen molar-refractivity contribution in [3.8, 4) is 11.5 Å². The second-order valence-corrected chi connectivity index (χ2v) is 7.58. The van der Waals surface area contributed by atoms with Crippen LogP contribution in [-0.2, 0) is 29.1 Å². The first kappa shape index (κ1) is 22.3. The fourth-order valence-corrected chi connectivity index (χ4v) is 3.65. The van der Waals surface area contributed by atoms with Crippen LogP contribution in [-0.4, -0.2) is 24.1 Å². The van der Waals surface area contributed by atoms with Gasteiger partial charge in [-0.25, -0.2) is 9.18 Å². The van der Waals surface area contributed by atoms with Crippen molar-refractivity contribution < 1.29 is 28.6 Å². The monoisotopic (exact) mass is 427 g/mol. The molecule has 2 N–H and O–H groups in total. The van der Waals surface area contributed by atoms with Crippen molar-refractivity contribution in [2.24, 2.45) is 0 Å². The number of fused-ring (bicyclic) bond motifs is 1. The molecule has 1 aliphatic rings. The Morgan fingerprint density at radius 3 is 2.84 bits per heavy atom. The summed E-state index contributed by atoms with van der Waals surface area (Å²) < 4.78 is 23.7. The molecule has 0 aromatic heterocycles. The molecule has 0 fully saturated rings. The topological polar surface area (TPSA) is 84.9 Å². The van der Waals surface area contributed by atoms with E-state index >= 15 is 0 Å². The van der Waals surface area contributed by atoms with Crippen LogP contribution in [0.5, 0.6) is 11.5 Å². The summed E-state index contributed by atoms with van der Waals surface area (Å²) in [4.78, 5) is 24.1. The van der Waals surface area contributed by atoms with Gasteiger partial charge in [0, 0.05) is 24.1 Å². The molecule has 0 radical (unpaired) electrons.